The largest absolute Gasteiger partial charge is 0.343 e. The van der Waals surface area contributed by atoms with Crippen molar-refractivity contribution in [2.45, 2.75) is 32.1 Å². The van der Waals surface area contributed by atoms with Crippen LogP contribution in [0.5, 0.6) is 0 Å². The lowest BCUT2D eigenvalue weighted by Crippen LogP contribution is -2.29. The van der Waals surface area contributed by atoms with Crippen molar-refractivity contribution >= 4 is 11.6 Å². The third-order valence-corrected chi connectivity index (χ3v) is 5.20. The van der Waals surface area contributed by atoms with Gasteiger partial charge in [0.25, 0.3) is 0 Å². The summed E-state index contributed by atoms with van der Waals surface area (Å²) in [7, 11) is 0. The molecule has 5 heteroatoms. The first-order chi connectivity index (χ1) is 12.6. The lowest BCUT2D eigenvalue weighted by atomic mass is 9.92. The minimum absolute atomic E-state index is 0.125. The van der Waals surface area contributed by atoms with Gasteiger partial charge in [0.1, 0.15) is 11.5 Å². The van der Waals surface area contributed by atoms with E-state index in [1.165, 1.54) is 12.1 Å². The molecule has 1 fully saturated rings. The molecule has 0 aliphatic carbocycles. The SMILES string of the molecule is Cc1cccc2ncc([C@@H](CC(=O)N3CCCC3)c3cccc(F)c3)n12. The van der Waals surface area contributed by atoms with E-state index in [0.29, 0.717) is 6.42 Å². The Bertz CT molecular complexity index is 943. The predicted octanol–water partition coefficient (Wildman–Crippen LogP) is 3.93. The van der Waals surface area contributed by atoms with Gasteiger partial charge in [-0.1, -0.05) is 18.2 Å². The Kier molecular flexibility index (Phi) is 4.45. The van der Waals surface area contributed by atoms with Crippen LogP contribution in [0.4, 0.5) is 4.39 Å². The fourth-order valence-corrected chi connectivity index (χ4v) is 3.86. The first-order valence-corrected chi connectivity index (χ1v) is 9.10. The summed E-state index contributed by atoms with van der Waals surface area (Å²) in [5, 5.41) is 0. The summed E-state index contributed by atoms with van der Waals surface area (Å²) in [6, 6.07) is 12.5. The number of halogens is 1. The van der Waals surface area contributed by atoms with Gasteiger partial charge in [0.15, 0.2) is 0 Å². The number of hydrogen-bond donors (Lipinski definition) is 0. The standard InChI is InChI=1S/C21H22FN3O/c1-15-6-4-9-20-23-14-19(25(15)20)18(16-7-5-8-17(22)12-16)13-21(26)24-10-2-3-11-24/h4-9,12,14,18H,2-3,10-11,13H2,1H3/t18-/m0/s1. The van der Waals surface area contributed by atoms with Gasteiger partial charge in [0, 0.05) is 37.3 Å². The van der Waals surface area contributed by atoms with Gasteiger partial charge in [0.2, 0.25) is 5.91 Å². The molecule has 3 aromatic rings. The number of carbonyl (C=O) groups excluding carboxylic acids is 1. The minimum atomic E-state index is -0.285. The maximum Gasteiger partial charge on any atom is 0.223 e. The molecule has 1 aliphatic heterocycles. The highest BCUT2D eigenvalue weighted by atomic mass is 19.1. The lowest BCUT2D eigenvalue weighted by molar-refractivity contribution is -0.130. The molecular formula is C21H22FN3O. The number of nitrogens with zero attached hydrogens (tertiary/aromatic N) is 3. The molecule has 4 nitrogen and oxygen atoms in total. The number of amides is 1. The fraction of sp³-hybridized carbons (Fsp3) is 0.333. The van der Waals surface area contributed by atoms with Gasteiger partial charge in [-0.25, -0.2) is 9.37 Å². The maximum atomic E-state index is 13.9. The molecule has 0 saturated carbocycles. The van der Waals surface area contributed by atoms with Crippen LogP contribution in [0.1, 0.15) is 42.1 Å². The Labute approximate surface area is 152 Å². The van der Waals surface area contributed by atoms with Crippen molar-refractivity contribution in [3.8, 4) is 0 Å². The summed E-state index contributed by atoms with van der Waals surface area (Å²) in [5.41, 5.74) is 3.62. The van der Waals surface area contributed by atoms with Crippen molar-refractivity contribution in [3.05, 3.63) is 71.4 Å². The molecule has 1 aliphatic rings. The third-order valence-electron chi connectivity index (χ3n) is 5.20. The van der Waals surface area contributed by atoms with Crippen molar-refractivity contribution < 1.29 is 9.18 Å². The van der Waals surface area contributed by atoms with Crippen LogP contribution in [0.3, 0.4) is 0 Å². The van der Waals surface area contributed by atoms with Crippen molar-refractivity contribution in [3.63, 3.8) is 0 Å². The molecular weight excluding hydrogens is 329 g/mol. The summed E-state index contributed by atoms with van der Waals surface area (Å²) < 4.78 is 15.9. The van der Waals surface area contributed by atoms with Gasteiger partial charge in [-0.3, -0.25) is 4.79 Å². The molecule has 0 bridgehead atoms. The van der Waals surface area contributed by atoms with Gasteiger partial charge < -0.3 is 9.30 Å². The zero-order chi connectivity index (χ0) is 18.1. The Morgan fingerprint density at radius 3 is 2.73 bits per heavy atom. The average Bonchev–Trinajstić information content (AvgIpc) is 3.30. The number of hydrogen-bond acceptors (Lipinski definition) is 2. The van der Waals surface area contributed by atoms with Crippen LogP contribution >= 0.6 is 0 Å². The molecule has 1 atom stereocenters. The summed E-state index contributed by atoms with van der Waals surface area (Å²) >= 11 is 0. The zero-order valence-electron chi connectivity index (χ0n) is 14.9. The van der Waals surface area contributed by atoms with Gasteiger partial charge in [-0.2, -0.15) is 0 Å². The maximum absolute atomic E-state index is 13.9. The molecule has 2 aromatic heterocycles. The monoisotopic (exact) mass is 351 g/mol. The molecule has 26 heavy (non-hydrogen) atoms. The van der Waals surface area contributed by atoms with E-state index in [-0.39, 0.29) is 17.6 Å². The molecule has 1 saturated heterocycles. The first kappa shape index (κ1) is 16.8. The number of rotatable bonds is 4. The second-order valence-electron chi connectivity index (χ2n) is 6.94. The molecule has 134 valence electrons. The molecule has 0 spiro atoms. The zero-order valence-corrected chi connectivity index (χ0v) is 14.9. The number of pyridine rings is 1. The first-order valence-electron chi connectivity index (χ1n) is 9.10. The van der Waals surface area contributed by atoms with Crippen molar-refractivity contribution in [2.75, 3.05) is 13.1 Å². The van der Waals surface area contributed by atoms with E-state index in [9.17, 15) is 9.18 Å². The second kappa shape index (κ2) is 6.90. The topological polar surface area (TPSA) is 37.6 Å². The van der Waals surface area contributed by atoms with Crippen LogP contribution in [0.15, 0.2) is 48.7 Å². The van der Waals surface area contributed by atoms with Crippen molar-refractivity contribution in [2.24, 2.45) is 0 Å². The van der Waals surface area contributed by atoms with Crippen LogP contribution in [0.25, 0.3) is 5.65 Å². The Hall–Kier alpha value is -2.69. The van der Waals surface area contributed by atoms with Crippen LogP contribution < -0.4 is 0 Å². The van der Waals surface area contributed by atoms with Crippen LogP contribution in [0, 0.1) is 12.7 Å². The molecule has 4 rings (SSSR count). The third kappa shape index (κ3) is 3.09. The summed E-state index contributed by atoms with van der Waals surface area (Å²) in [6.07, 6.45) is 4.26. The van der Waals surface area contributed by atoms with E-state index in [1.807, 2.05) is 42.3 Å². The fourth-order valence-electron chi connectivity index (χ4n) is 3.86. The quantitative estimate of drug-likeness (QED) is 0.714. The Balaban J connectivity index is 1.78. The van der Waals surface area contributed by atoms with Crippen LogP contribution in [0.2, 0.25) is 0 Å². The summed E-state index contributed by atoms with van der Waals surface area (Å²) in [5.74, 6) is -0.387. The van der Waals surface area contributed by atoms with E-state index in [1.54, 1.807) is 6.07 Å². The van der Waals surface area contributed by atoms with E-state index >= 15 is 0 Å². The minimum Gasteiger partial charge on any atom is -0.343 e. The number of fused-ring (bicyclic) bond motifs is 1. The van der Waals surface area contributed by atoms with Gasteiger partial charge in [0.05, 0.1) is 5.69 Å². The second-order valence-corrected chi connectivity index (χ2v) is 6.94. The van der Waals surface area contributed by atoms with Crippen molar-refractivity contribution in [1.29, 1.82) is 0 Å². The van der Waals surface area contributed by atoms with Crippen LogP contribution in [-0.4, -0.2) is 33.3 Å². The number of aryl methyl sites for hydroxylation is 1. The van der Waals surface area contributed by atoms with Crippen LogP contribution in [-0.2, 0) is 4.79 Å². The number of aromatic nitrogens is 2. The number of likely N-dealkylation sites (tertiary alicyclic amines) is 1. The van der Waals surface area contributed by atoms with E-state index in [0.717, 1.165) is 48.5 Å². The van der Waals surface area contributed by atoms with Crippen molar-refractivity contribution in [1.82, 2.24) is 14.3 Å². The molecule has 3 heterocycles. The normalized spacial score (nSPS) is 15.5. The molecule has 1 aromatic carbocycles. The summed E-state index contributed by atoms with van der Waals surface area (Å²) in [4.78, 5) is 19.2. The predicted molar refractivity (Wildman–Crippen MR) is 98.6 cm³/mol. The number of benzene rings is 1. The van der Waals surface area contributed by atoms with E-state index in [4.69, 9.17) is 0 Å². The van der Waals surface area contributed by atoms with Gasteiger partial charge in [-0.15, -0.1) is 0 Å². The van der Waals surface area contributed by atoms with Gasteiger partial charge >= 0.3 is 0 Å². The molecule has 0 unspecified atom stereocenters. The average molecular weight is 351 g/mol. The van der Waals surface area contributed by atoms with E-state index < -0.39 is 0 Å². The highest BCUT2D eigenvalue weighted by Gasteiger charge is 2.26. The molecule has 0 radical (unpaired) electrons. The smallest absolute Gasteiger partial charge is 0.223 e. The number of imidazole rings is 1. The van der Waals surface area contributed by atoms with E-state index in [2.05, 4.69) is 9.38 Å². The highest BCUT2D eigenvalue weighted by Crippen LogP contribution is 2.31. The molecule has 0 N–H and O–H groups in total. The molecule has 1 amide bonds. The Morgan fingerprint density at radius 2 is 1.96 bits per heavy atom. The highest BCUT2D eigenvalue weighted by molar-refractivity contribution is 5.78. The number of carbonyl (C=O) groups is 1. The Morgan fingerprint density at radius 1 is 1.19 bits per heavy atom. The lowest BCUT2D eigenvalue weighted by Gasteiger charge is -2.22. The van der Waals surface area contributed by atoms with Gasteiger partial charge in [-0.05, 0) is 49.6 Å². The summed E-state index contributed by atoms with van der Waals surface area (Å²) in [6.45, 7) is 3.66.